The number of nitrogens with two attached hydrogens (primary N) is 1. The highest BCUT2D eigenvalue weighted by Gasteiger charge is 2.07. The van der Waals surface area contributed by atoms with Crippen molar-refractivity contribution in [2.24, 2.45) is 0 Å². The molecule has 0 aliphatic rings. The van der Waals surface area contributed by atoms with Gasteiger partial charge in [0.05, 0.1) is 17.8 Å². The van der Waals surface area contributed by atoms with Gasteiger partial charge >= 0.3 is 0 Å². The van der Waals surface area contributed by atoms with E-state index in [1.54, 1.807) is 19.2 Å². The van der Waals surface area contributed by atoms with Crippen molar-refractivity contribution in [3.05, 3.63) is 59.1 Å². The molecule has 122 valence electrons. The topological polar surface area (TPSA) is 73.1 Å². The molecule has 0 aliphatic heterocycles. The zero-order valence-corrected chi connectivity index (χ0v) is 14.1. The summed E-state index contributed by atoms with van der Waals surface area (Å²) in [6.07, 6.45) is 0. The summed E-state index contributed by atoms with van der Waals surface area (Å²) in [5.41, 5.74) is 9.55. The summed E-state index contributed by atoms with van der Waals surface area (Å²) < 4.78 is 5.15. The van der Waals surface area contributed by atoms with Gasteiger partial charge in [-0.2, -0.15) is 4.98 Å². The normalized spacial score (nSPS) is 10.5. The maximum Gasteiger partial charge on any atom is 0.222 e. The van der Waals surface area contributed by atoms with E-state index in [0.717, 1.165) is 16.9 Å². The number of aromatic nitrogens is 2. The standard InChI is InChI=1S/C18H17ClN4O/c1-11-3-5-12(6-4-11)15-10-17(23-18(20)22-15)21-13-7-8-16(24-2)14(19)9-13/h3-10H,1-2H3,(H3,20,21,22,23). The molecule has 2 aromatic carbocycles. The van der Waals surface area contributed by atoms with Gasteiger partial charge in [-0.1, -0.05) is 41.4 Å². The Morgan fingerprint density at radius 1 is 1.04 bits per heavy atom. The third-order valence-corrected chi connectivity index (χ3v) is 3.81. The van der Waals surface area contributed by atoms with Crippen LogP contribution in [0.5, 0.6) is 5.75 Å². The maximum atomic E-state index is 6.15. The number of benzene rings is 2. The maximum absolute atomic E-state index is 6.15. The van der Waals surface area contributed by atoms with E-state index >= 15 is 0 Å². The van der Waals surface area contributed by atoms with E-state index in [-0.39, 0.29) is 5.95 Å². The van der Waals surface area contributed by atoms with Crippen LogP contribution >= 0.6 is 11.6 Å². The zero-order valence-electron chi connectivity index (χ0n) is 13.4. The monoisotopic (exact) mass is 340 g/mol. The summed E-state index contributed by atoms with van der Waals surface area (Å²) in [5, 5.41) is 3.70. The first kappa shape index (κ1) is 16.1. The fourth-order valence-electron chi connectivity index (χ4n) is 2.29. The lowest BCUT2D eigenvalue weighted by atomic mass is 10.1. The van der Waals surface area contributed by atoms with Gasteiger partial charge in [0.2, 0.25) is 5.95 Å². The number of halogens is 1. The van der Waals surface area contributed by atoms with E-state index in [4.69, 9.17) is 22.1 Å². The Balaban J connectivity index is 1.91. The van der Waals surface area contributed by atoms with E-state index < -0.39 is 0 Å². The third kappa shape index (κ3) is 3.58. The minimum absolute atomic E-state index is 0.204. The quantitative estimate of drug-likeness (QED) is 0.734. The Morgan fingerprint density at radius 3 is 2.46 bits per heavy atom. The van der Waals surface area contributed by atoms with Crippen molar-refractivity contribution in [1.29, 1.82) is 0 Å². The second-order valence-electron chi connectivity index (χ2n) is 5.34. The number of hydrogen-bond acceptors (Lipinski definition) is 5. The Morgan fingerprint density at radius 2 is 1.79 bits per heavy atom. The van der Waals surface area contributed by atoms with Gasteiger partial charge in [0.25, 0.3) is 0 Å². The van der Waals surface area contributed by atoms with Crippen LogP contribution in [0.15, 0.2) is 48.5 Å². The van der Waals surface area contributed by atoms with E-state index in [9.17, 15) is 0 Å². The predicted octanol–water partition coefficient (Wildman–Crippen LogP) is 4.44. The molecule has 0 aliphatic carbocycles. The van der Waals surface area contributed by atoms with E-state index in [0.29, 0.717) is 16.6 Å². The van der Waals surface area contributed by atoms with Gasteiger partial charge in [-0.25, -0.2) is 4.98 Å². The van der Waals surface area contributed by atoms with Crippen molar-refractivity contribution in [2.75, 3.05) is 18.2 Å². The highest BCUT2D eigenvalue weighted by atomic mass is 35.5. The molecule has 0 bridgehead atoms. The average Bonchev–Trinajstić information content (AvgIpc) is 2.55. The van der Waals surface area contributed by atoms with Crippen LogP contribution in [0.3, 0.4) is 0 Å². The molecule has 0 fully saturated rings. The van der Waals surface area contributed by atoms with Crippen molar-refractivity contribution in [2.45, 2.75) is 6.92 Å². The van der Waals surface area contributed by atoms with Gasteiger partial charge in [0.1, 0.15) is 11.6 Å². The number of nitrogens with zero attached hydrogens (tertiary/aromatic N) is 2. The minimum atomic E-state index is 0.204. The molecule has 0 unspecified atom stereocenters. The number of anilines is 3. The SMILES string of the molecule is COc1ccc(Nc2cc(-c3ccc(C)cc3)nc(N)n2)cc1Cl. The second-order valence-corrected chi connectivity index (χ2v) is 5.74. The molecule has 6 heteroatoms. The van der Waals surface area contributed by atoms with E-state index in [1.807, 2.05) is 43.3 Å². The van der Waals surface area contributed by atoms with Gasteiger partial charge in [0, 0.05) is 17.3 Å². The molecule has 1 aromatic heterocycles. The van der Waals surface area contributed by atoms with Crippen molar-refractivity contribution < 1.29 is 4.74 Å². The summed E-state index contributed by atoms with van der Waals surface area (Å²) in [5.74, 6) is 1.42. The number of hydrogen-bond donors (Lipinski definition) is 2. The van der Waals surface area contributed by atoms with Gasteiger partial charge < -0.3 is 15.8 Å². The fourth-order valence-corrected chi connectivity index (χ4v) is 2.55. The van der Waals surface area contributed by atoms with Crippen molar-refractivity contribution in [3.8, 4) is 17.0 Å². The van der Waals surface area contributed by atoms with E-state index in [2.05, 4.69) is 15.3 Å². The average molecular weight is 341 g/mol. The van der Waals surface area contributed by atoms with Crippen LogP contribution in [0.4, 0.5) is 17.5 Å². The molecule has 0 amide bonds. The second kappa shape index (κ2) is 6.76. The Kier molecular flexibility index (Phi) is 4.53. The summed E-state index contributed by atoms with van der Waals surface area (Å²) >= 11 is 6.15. The molecule has 0 atom stereocenters. The highest BCUT2D eigenvalue weighted by Crippen LogP contribution is 2.29. The highest BCUT2D eigenvalue weighted by molar-refractivity contribution is 6.32. The summed E-state index contributed by atoms with van der Waals surface area (Å²) in [6, 6.07) is 15.3. The molecule has 3 N–H and O–H groups in total. The van der Waals surface area contributed by atoms with Gasteiger partial charge in [-0.3, -0.25) is 0 Å². The number of methoxy groups -OCH3 is 1. The minimum Gasteiger partial charge on any atom is -0.495 e. The van der Waals surface area contributed by atoms with Gasteiger partial charge in [-0.15, -0.1) is 0 Å². The van der Waals surface area contributed by atoms with Crippen LogP contribution in [-0.2, 0) is 0 Å². The van der Waals surface area contributed by atoms with Crippen molar-refractivity contribution in [3.63, 3.8) is 0 Å². The number of rotatable bonds is 4. The number of nitrogens with one attached hydrogen (secondary N) is 1. The molecule has 5 nitrogen and oxygen atoms in total. The van der Waals surface area contributed by atoms with Crippen LogP contribution in [0.1, 0.15) is 5.56 Å². The molecule has 0 spiro atoms. The number of ether oxygens (including phenoxy) is 1. The van der Waals surface area contributed by atoms with Crippen molar-refractivity contribution in [1.82, 2.24) is 9.97 Å². The lowest BCUT2D eigenvalue weighted by Crippen LogP contribution is -2.01. The molecule has 3 rings (SSSR count). The zero-order chi connectivity index (χ0) is 17.1. The molecule has 0 saturated heterocycles. The Bertz CT molecular complexity index is 865. The first-order valence-corrected chi connectivity index (χ1v) is 7.75. The van der Waals surface area contributed by atoms with Gasteiger partial charge in [0.15, 0.2) is 0 Å². The summed E-state index contributed by atoms with van der Waals surface area (Å²) in [6.45, 7) is 2.04. The molecule has 24 heavy (non-hydrogen) atoms. The molecular weight excluding hydrogens is 324 g/mol. The lowest BCUT2D eigenvalue weighted by Gasteiger charge is -2.10. The van der Waals surface area contributed by atoms with Crippen LogP contribution in [0.25, 0.3) is 11.3 Å². The lowest BCUT2D eigenvalue weighted by molar-refractivity contribution is 0.415. The number of nitrogen functional groups attached to an aromatic ring is 1. The first-order chi connectivity index (χ1) is 11.5. The largest absolute Gasteiger partial charge is 0.495 e. The molecule has 0 saturated carbocycles. The van der Waals surface area contributed by atoms with Crippen molar-refractivity contribution >= 4 is 29.1 Å². The summed E-state index contributed by atoms with van der Waals surface area (Å²) in [4.78, 5) is 8.53. The molecule has 3 aromatic rings. The molecular formula is C18H17ClN4O. The Hall–Kier alpha value is -2.79. The van der Waals surface area contributed by atoms with Crippen LogP contribution in [-0.4, -0.2) is 17.1 Å². The fraction of sp³-hybridized carbons (Fsp3) is 0.111. The van der Waals surface area contributed by atoms with Crippen LogP contribution in [0.2, 0.25) is 5.02 Å². The predicted molar refractivity (Wildman–Crippen MR) is 97.9 cm³/mol. The number of aryl methyl sites for hydroxylation is 1. The van der Waals surface area contributed by atoms with E-state index in [1.165, 1.54) is 5.56 Å². The summed E-state index contributed by atoms with van der Waals surface area (Å²) in [7, 11) is 1.58. The Labute approximate surface area is 145 Å². The van der Waals surface area contributed by atoms with Crippen LogP contribution in [0, 0.1) is 6.92 Å². The van der Waals surface area contributed by atoms with Crippen LogP contribution < -0.4 is 15.8 Å². The molecule has 1 heterocycles. The molecule has 0 radical (unpaired) electrons. The third-order valence-electron chi connectivity index (χ3n) is 3.51. The smallest absolute Gasteiger partial charge is 0.222 e. The first-order valence-electron chi connectivity index (χ1n) is 7.37. The van der Waals surface area contributed by atoms with Gasteiger partial charge in [-0.05, 0) is 25.1 Å².